The van der Waals surface area contributed by atoms with Crippen molar-refractivity contribution in [2.45, 2.75) is 51.2 Å². The minimum atomic E-state index is -0.360. The molecule has 0 saturated carbocycles. The fourth-order valence-corrected chi connectivity index (χ4v) is 3.69. The zero-order chi connectivity index (χ0) is 17.4. The number of carbonyl (C=O) groups is 1. The summed E-state index contributed by atoms with van der Waals surface area (Å²) >= 11 is 0. The number of para-hydroxylation sites is 1. The molecule has 1 amide bonds. The molecule has 1 fully saturated rings. The van der Waals surface area contributed by atoms with Gasteiger partial charge in [-0.05, 0) is 31.4 Å². The van der Waals surface area contributed by atoms with Gasteiger partial charge in [-0.1, -0.05) is 19.1 Å². The first kappa shape index (κ1) is 16.2. The summed E-state index contributed by atoms with van der Waals surface area (Å²) in [4.78, 5) is 18.9. The van der Waals surface area contributed by atoms with Crippen LogP contribution in [0.1, 0.15) is 43.9 Å². The van der Waals surface area contributed by atoms with Crippen molar-refractivity contribution in [1.29, 1.82) is 0 Å². The van der Waals surface area contributed by atoms with Crippen molar-refractivity contribution in [3.05, 3.63) is 41.7 Å². The van der Waals surface area contributed by atoms with Gasteiger partial charge in [0.25, 0.3) is 0 Å². The first-order valence-electron chi connectivity index (χ1n) is 8.93. The van der Waals surface area contributed by atoms with E-state index in [4.69, 9.17) is 0 Å². The van der Waals surface area contributed by atoms with Crippen LogP contribution in [0.4, 0.5) is 10.1 Å². The third-order valence-corrected chi connectivity index (χ3v) is 4.99. The summed E-state index contributed by atoms with van der Waals surface area (Å²) < 4.78 is 16.0. The maximum absolute atomic E-state index is 14.0. The van der Waals surface area contributed by atoms with Gasteiger partial charge >= 0.3 is 0 Å². The van der Waals surface area contributed by atoms with Crippen molar-refractivity contribution < 1.29 is 9.18 Å². The van der Waals surface area contributed by atoms with Crippen LogP contribution < -0.4 is 10.2 Å². The summed E-state index contributed by atoms with van der Waals surface area (Å²) in [5.74, 6) is 1.33. The molecule has 2 aliphatic heterocycles. The predicted molar refractivity (Wildman–Crippen MR) is 91.7 cm³/mol. The number of aromatic nitrogens is 3. The van der Waals surface area contributed by atoms with Crippen LogP contribution in [0.2, 0.25) is 0 Å². The molecular formula is C18H22FN5O. The number of anilines is 1. The molecule has 1 aromatic heterocycles. The van der Waals surface area contributed by atoms with E-state index in [1.807, 2.05) is 11.6 Å². The molecule has 3 heterocycles. The molecule has 132 valence electrons. The van der Waals surface area contributed by atoms with E-state index in [9.17, 15) is 9.18 Å². The van der Waals surface area contributed by atoms with Gasteiger partial charge in [-0.3, -0.25) is 10.1 Å². The Morgan fingerprint density at radius 2 is 2.08 bits per heavy atom. The van der Waals surface area contributed by atoms with Crippen molar-refractivity contribution in [3.8, 4) is 0 Å². The minimum Gasteiger partial charge on any atom is -0.308 e. The molecule has 0 radical (unpaired) electrons. The predicted octanol–water partition coefficient (Wildman–Crippen LogP) is 2.21. The Labute approximate surface area is 146 Å². The smallest absolute Gasteiger partial charge is 0.244 e. The first-order valence-corrected chi connectivity index (χ1v) is 8.93. The average molecular weight is 343 g/mol. The van der Waals surface area contributed by atoms with E-state index < -0.39 is 0 Å². The highest BCUT2D eigenvalue weighted by molar-refractivity contribution is 5.99. The van der Waals surface area contributed by atoms with E-state index in [0.717, 1.165) is 37.5 Å². The third kappa shape index (κ3) is 2.93. The van der Waals surface area contributed by atoms with E-state index in [1.165, 1.54) is 11.0 Å². The van der Waals surface area contributed by atoms with Crippen LogP contribution in [0.25, 0.3) is 0 Å². The van der Waals surface area contributed by atoms with Crippen molar-refractivity contribution in [3.63, 3.8) is 0 Å². The summed E-state index contributed by atoms with van der Waals surface area (Å²) in [5, 5.41) is 7.95. The molecule has 2 aromatic rings. The van der Waals surface area contributed by atoms with Gasteiger partial charge in [0.1, 0.15) is 11.6 Å². The van der Waals surface area contributed by atoms with Crippen molar-refractivity contribution in [2.75, 3.05) is 11.4 Å². The second kappa shape index (κ2) is 6.55. The number of nitrogens with zero attached hydrogens (tertiary/aromatic N) is 4. The van der Waals surface area contributed by atoms with Gasteiger partial charge in [0.05, 0.1) is 17.8 Å². The van der Waals surface area contributed by atoms with Crippen molar-refractivity contribution in [2.24, 2.45) is 0 Å². The van der Waals surface area contributed by atoms with E-state index in [2.05, 4.69) is 15.4 Å². The highest BCUT2D eigenvalue weighted by atomic mass is 19.1. The lowest BCUT2D eigenvalue weighted by Gasteiger charge is -2.26. The molecule has 0 bridgehead atoms. The molecule has 1 N–H and O–H groups in total. The number of hydrogen-bond acceptors (Lipinski definition) is 4. The van der Waals surface area contributed by atoms with E-state index in [0.29, 0.717) is 18.7 Å². The number of benzene rings is 1. The fourth-order valence-electron chi connectivity index (χ4n) is 3.69. The van der Waals surface area contributed by atoms with Crippen LogP contribution in [0.3, 0.4) is 0 Å². The number of rotatable bonds is 4. The van der Waals surface area contributed by atoms with Gasteiger partial charge in [-0.15, -0.1) is 0 Å². The SMILES string of the molecule is CCc1nc2n(n1)CCC[C@H]2N[C@@H]1CCN(c2ccccc2F)C1=O. The zero-order valence-electron chi connectivity index (χ0n) is 14.3. The van der Waals surface area contributed by atoms with Gasteiger partial charge in [0.15, 0.2) is 5.82 Å². The Balaban J connectivity index is 1.51. The standard InChI is InChI=1S/C18H22FN5O/c1-2-16-21-17-13(7-5-10-24(17)22-16)20-14-9-11-23(18(14)25)15-8-4-3-6-12(15)19/h3-4,6,8,13-14,20H,2,5,7,9-11H2,1H3/t13-,14-/m1/s1. The maximum Gasteiger partial charge on any atom is 0.244 e. The van der Waals surface area contributed by atoms with Crippen molar-refractivity contribution in [1.82, 2.24) is 20.1 Å². The quantitative estimate of drug-likeness (QED) is 0.924. The molecule has 1 saturated heterocycles. The molecular weight excluding hydrogens is 321 g/mol. The Kier molecular flexibility index (Phi) is 4.25. The van der Waals surface area contributed by atoms with Gasteiger partial charge in [-0.2, -0.15) is 5.10 Å². The third-order valence-electron chi connectivity index (χ3n) is 4.99. The van der Waals surface area contributed by atoms with E-state index in [-0.39, 0.29) is 23.8 Å². The van der Waals surface area contributed by atoms with Crippen LogP contribution in [0.5, 0.6) is 0 Å². The average Bonchev–Trinajstić information content (AvgIpc) is 3.20. The van der Waals surface area contributed by atoms with Gasteiger partial charge in [0, 0.05) is 19.5 Å². The molecule has 2 atom stereocenters. The molecule has 1 aromatic carbocycles. The van der Waals surface area contributed by atoms with Crippen LogP contribution in [-0.4, -0.2) is 33.3 Å². The Morgan fingerprint density at radius 3 is 2.88 bits per heavy atom. The summed E-state index contributed by atoms with van der Waals surface area (Å²) in [7, 11) is 0. The largest absolute Gasteiger partial charge is 0.308 e. The number of fused-ring (bicyclic) bond motifs is 1. The van der Waals surface area contributed by atoms with Gasteiger partial charge in [0.2, 0.25) is 5.91 Å². The molecule has 0 unspecified atom stereocenters. The Morgan fingerprint density at radius 1 is 1.24 bits per heavy atom. The van der Waals surface area contributed by atoms with Gasteiger partial charge in [-0.25, -0.2) is 14.1 Å². The molecule has 0 spiro atoms. The number of nitrogens with one attached hydrogen (secondary N) is 1. The van der Waals surface area contributed by atoms with E-state index >= 15 is 0 Å². The lowest BCUT2D eigenvalue weighted by Crippen LogP contribution is -2.42. The van der Waals surface area contributed by atoms with Crippen LogP contribution in [0, 0.1) is 5.82 Å². The second-order valence-electron chi connectivity index (χ2n) is 6.61. The first-order chi connectivity index (χ1) is 12.2. The lowest BCUT2D eigenvalue weighted by atomic mass is 10.1. The minimum absolute atomic E-state index is 0.0241. The number of halogens is 1. The lowest BCUT2D eigenvalue weighted by molar-refractivity contribution is -0.119. The summed E-state index contributed by atoms with van der Waals surface area (Å²) in [6, 6.07) is 6.14. The number of amides is 1. The highest BCUT2D eigenvalue weighted by Gasteiger charge is 2.36. The second-order valence-corrected chi connectivity index (χ2v) is 6.61. The monoisotopic (exact) mass is 343 g/mol. The molecule has 4 rings (SSSR count). The summed E-state index contributed by atoms with van der Waals surface area (Å²) in [5.41, 5.74) is 0.358. The highest BCUT2D eigenvalue weighted by Crippen LogP contribution is 2.28. The number of hydrogen-bond donors (Lipinski definition) is 1. The molecule has 25 heavy (non-hydrogen) atoms. The van der Waals surface area contributed by atoms with E-state index in [1.54, 1.807) is 18.2 Å². The number of carbonyl (C=O) groups excluding carboxylic acids is 1. The van der Waals surface area contributed by atoms with Crippen LogP contribution >= 0.6 is 0 Å². The van der Waals surface area contributed by atoms with Crippen LogP contribution in [0.15, 0.2) is 24.3 Å². The Hall–Kier alpha value is -2.28. The topological polar surface area (TPSA) is 63.1 Å². The molecule has 6 nitrogen and oxygen atoms in total. The normalized spacial score (nSPS) is 23.1. The fraction of sp³-hybridized carbons (Fsp3) is 0.500. The summed E-state index contributed by atoms with van der Waals surface area (Å²) in [6.45, 7) is 3.44. The maximum atomic E-state index is 14.0. The molecule has 2 aliphatic rings. The zero-order valence-corrected chi connectivity index (χ0v) is 14.3. The van der Waals surface area contributed by atoms with Crippen molar-refractivity contribution >= 4 is 11.6 Å². The molecule has 0 aliphatic carbocycles. The van der Waals surface area contributed by atoms with Crippen LogP contribution in [-0.2, 0) is 17.8 Å². The molecule has 7 heteroatoms. The summed E-state index contributed by atoms with van der Waals surface area (Å²) in [6.07, 6.45) is 3.41. The van der Waals surface area contributed by atoms with Gasteiger partial charge < -0.3 is 4.90 Å². The number of aryl methyl sites for hydroxylation is 2. The Bertz CT molecular complexity index is 790.